The molecule has 0 spiro atoms. The molecule has 7 nitrogen and oxygen atoms in total. The van der Waals surface area contributed by atoms with Crippen LogP contribution in [-0.4, -0.2) is 50.0 Å². The highest BCUT2D eigenvalue weighted by Gasteiger charge is 2.32. The number of carboxylic acid groups (broad SMARTS) is 1. The molecule has 1 aliphatic rings. The monoisotopic (exact) mass is 321 g/mol. The molecule has 2 rings (SSSR count). The molecule has 1 aromatic heterocycles. The van der Waals surface area contributed by atoms with E-state index in [0.717, 1.165) is 17.4 Å². The van der Waals surface area contributed by atoms with Crippen molar-refractivity contribution in [2.75, 3.05) is 19.8 Å². The van der Waals surface area contributed by atoms with Gasteiger partial charge in [-0.05, 0) is 6.07 Å². The van der Waals surface area contributed by atoms with Crippen LogP contribution >= 0.6 is 11.3 Å². The number of nitrogens with one attached hydrogen (secondary N) is 1. The predicted molar refractivity (Wildman–Crippen MR) is 71.5 cm³/mol. The maximum atomic E-state index is 12.0. The molecule has 0 aromatic carbocycles. The summed E-state index contributed by atoms with van der Waals surface area (Å²) in [6, 6.07) is 1.10. The quantitative estimate of drug-likeness (QED) is 0.717. The molecule has 0 bridgehead atoms. The van der Waals surface area contributed by atoms with Crippen molar-refractivity contribution >= 4 is 27.3 Å². The van der Waals surface area contributed by atoms with E-state index in [1.807, 2.05) is 0 Å². The van der Waals surface area contributed by atoms with Gasteiger partial charge in [-0.25, -0.2) is 17.9 Å². The minimum absolute atomic E-state index is 0.0693. The molecule has 0 aliphatic carbocycles. The van der Waals surface area contributed by atoms with Crippen molar-refractivity contribution in [3.8, 4) is 0 Å². The number of aromatic carboxylic acids is 1. The minimum Gasteiger partial charge on any atom is -0.478 e. The number of aliphatic hydroxyl groups is 1. The first kappa shape index (κ1) is 15.4. The fourth-order valence-electron chi connectivity index (χ4n) is 1.80. The number of thiophene rings is 1. The largest absolute Gasteiger partial charge is 0.478 e. The van der Waals surface area contributed by atoms with E-state index in [1.165, 1.54) is 5.38 Å². The van der Waals surface area contributed by atoms with Gasteiger partial charge >= 0.3 is 5.97 Å². The normalized spacial score (nSPS) is 18.9. The highest BCUT2D eigenvalue weighted by atomic mass is 32.2. The van der Waals surface area contributed by atoms with Gasteiger partial charge in [-0.3, -0.25) is 0 Å². The molecule has 0 radical (unpaired) electrons. The van der Waals surface area contributed by atoms with E-state index in [1.54, 1.807) is 0 Å². The molecule has 1 aliphatic heterocycles. The molecule has 3 N–H and O–H groups in total. The Hall–Kier alpha value is -1.00. The topological polar surface area (TPSA) is 113 Å². The molecule has 0 atom stereocenters. The summed E-state index contributed by atoms with van der Waals surface area (Å²) < 4.78 is 31.4. The highest BCUT2D eigenvalue weighted by molar-refractivity contribution is 7.91. The number of hydrogen-bond donors (Lipinski definition) is 3. The van der Waals surface area contributed by atoms with Crippen molar-refractivity contribution in [3.63, 3.8) is 0 Å². The van der Waals surface area contributed by atoms with Crippen molar-refractivity contribution < 1.29 is 28.2 Å². The minimum atomic E-state index is -3.81. The second-order valence-electron chi connectivity index (χ2n) is 4.62. The van der Waals surface area contributed by atoms with E-state index >= 15 is 0 Å². The number of carboxylic acids is 1. The van der Waals surface area contributed by atoms with Crippen molar-refractivity contribution in [2.45, 2.75) is 22.7 Å². The highest BCUT2D eigenvalue weighted by Crippen LogP contribution is 2.23. The molecule has 0 amide bonds. The van der Waals surface area contributed by atoms with Crippen LogP contribution in [0.5, 0.6) is 0 Å². The third-order valence-corrected chi connectivity index (χ3v) is 5.94. The zero-order valence-corrected chi connectivity index (χ0v) is 12.2. The average molecular weight is 321 g/mol. The number of sulfonamides is 1. The second kappa shape index (κ2) is 5.78. The van der Waals surface area contributed by atoms with Gasteiger partial charge in [-0.15, -0.1) is 11.3 Å². The molecule has 20 heavy (non-hydrogen) atoms. The first-order valence-corrected chi connectivity index (χ1v) is 8.30. The van der Waals surface area contributed by atoms with E-state index in [9.17, 15) is 18.3 Å². The van der Waals surface area contributed by atoms with Gasteiger partial charge in [0.2, 0.25) is 10.0 Å². The molecule has 0 unspecified atom stereocenters. The second-order valence-corrected chi connectivity index (χ2v) is 7.53. The summed E-state index contributed by atoms with van der Waals surface area (Å²) in [5.41, 5.74) is -1.18. The Kier molecular flexibility index (Phi) is 4.45. The number of hydrogen-bond acceptors (Lipinski definition) is 6. The van der Waals surface area contributed by atoms with Crippen LogP contribution in [-0.2, 0) is 14.8 Å². The Morgan fingerprint density at radius 1 is 1.45 bits per heavy atom. The van der Waals surface area contributed by atoms with Crippen molar-refractivity contribution in [3.05, 3.63) is 17.0 Å². The van der Waals surface area contributed by atoms with E-state index < -0.39 is 21.6 Å². The van der Waals surface area contributed by atoms with Gasteiger partial charge in [0.1, 0.15) is 4.21 Å². The Bertz CT molecular complexity index is 588. The van der Waals surface area contributed by atoms with Crippen LogP contribution in [0.1, 0.15) is 23.2 Å². The SMILES string of the molecule is O=C(O)c1csc(S(=O)(=O)NCC2(O)CCOCC2)c1. The molecular formula is C11H15NO6S2. The first-order valence-electron chi connectivity index (χ1n) is 5.94. The van der Waals surface area contributed by atoms with Crippen LogP contribution in [0.4, 0.5) is 0 Å². The van der Waals surface area contributed by atoms with Gasteiger partial charge in [-0.1, -0.05) is 0 Å². The third kappa shape index (κ3) is 3.55. The Morgan fingerprint density at radius 3 is 2.65 bits per heavy atom. The molecule has 1 saturated heterocycles. The van der Waals surface area contributed by atoms with E-state index in [2.05, 4.69) is 4.72 Å². The molecular weight excluding hydrogens is 306 g/mol. The molecule has 2 heterocycles. The van der Waals surface area contributed by atoms with Gasteiger partial charge < -0.3 is 14.9 Å². The van der Waals surface area contributed by atoms with E-state index in [-0.39, 0.29) is 16.3 Å². The average Bonchev–Trinajstić information content (AvgIpc) is 2.88. The third-order valence-electron chi connectivity index (χ3n) is 3.10. The molecule has 0 saturated carbocycles. The van der Waals surface area contributed by atoms with Crippen LogP contribution in [0.15, 0.2) is 15.7 Å². The molecule has 1 aromatic rings. The Balaban J connectivity index is 2.05. The summed E-state index contributed by atoms with van der Waals surface area (Å²) in [5, 5.41) is 20.2. The maximum absolute atomic E-state index is 12.0. The lowest BCUT2D eigenvalue weighted by Gasteiger charge is -2.31. The molecule has 9 heteroatoms. The van der Waals surface area contributed by atoms with Crippen LogP contribution < -0.4 is 4.72 Å². The van der Waals surface area contributed by atoms with Gasteiger partial charge in [-0.2, -0.15) is 0 Å². The summed E-state index contributed by atoms with van der Waals surface area (Å²) >= 11 is 0.833. The van der Waals surface area contributed by atoms with Crippen molar-refractivity contribution in [2.24, 2.45) is 0 Å². The lowest BCUT2D eigenvalue weighted by molar-refractivity contribution is -0.0588. The predicted octanol–water partition coefficient (Wildman–Crippen LogP) is 0.266. The smallest absolute Gasteiger partial charge is 0.336 e. The maximum Gasteiger partial charge on any atom is 0.336 e. The number of carbonyl (C=O) groups is 1. The zero-order valence-electron chi connectivity index (χ0n) is 10.5. The summed E-state index contributed by atoms with van der Waals surface area (Å²) in [7, 11) is -3.81. The van der Waals surface area contributed by atoms with Gasteiger partial charge in [0, 0.05) is 38.0 Å². The van der Waals surface area contributed by atoms with E-state index in [0.29, 0.717) is 26.1 Å². The van der Waals surface area contributed by atoms with Gasteiger partial charge in [0.05, 0.1) is 11.2 Å². The lowest BCUT2D eigenvalue weighted by Crippen LogP contribution is -2.46. The van der Waals surface area contributed by atoms with Crippen LogP contribution in [0.2, 0.25) is 0 Å². The lowest BCUT2D eigenvalue weighted by atomic mass is 9.95. The van der Waals surface area contributed by atoms with Crippen LogP contribution in [0, 0.1) is 0 Å². The van der Waals surface area contributed by atoms with Crippen LogP contribution in [0.25, 0.3) is 0 Å². The number of rotatable bonds is 5. The summed E-state index contributed by atoms with van der Waals surface area (Å²) in [4.78, 5) is 10.7. The molecule has 112 valence electrons. The van der Waals surface area contributed by atoms with Gasteiger partial charge in [0.25, 0.3) is 0 Å². The number of ether oxygens (including phenoxy) is 1. The summed E-state index contributed by atoms with van der Waals surface area (Å²) in [5.74, 6) is -1.18. The molecule has 1 fully saturated rings. The first-order chi connectivity index (χ1) is 9.32. The Labute approximate surface area is 120 Å². The van der Waals surface area contributed by atoms with Crippen molar-refractivity contribution in [1.82, 2.24) is 4.72 Å². The summed E-state index contributed by atoms with van der Waals surface area (Å²) in [6.07, 6.45) is 0.723. The fourth-order valence-corrected chi connectivity index (χ4v) is 4.12. The van der Waals surface area contributed by atoms with Crippen molar-refractivity contribution in [1.29, 1.82) is 0 Å². The summed E-state index contributed by atoms with van der Waals surface area (Å²) in [6.45, 7) is 0.666. The fraction of sp³-hybridized carbons (Fsp3) is 0.545. The van der Waals surface area contributed by atoms with E-state index in [4.69, 9.17) is 9.84 Å². The zero-order chi connectivity index (χ0) is 14.8. The van der Waals surface area contributed by atoms with Crippen LogP contribution in [0.3, 0.4) is 0 Å². The standard InChI is InChI=1S/C11H15NO6S2/c13-10(14)8-5-9(19-6-8)20(16,17)12-7-11(15)1-3-18-4-2-11/h5-6,12,15H,1-4,7H2,(H,13,14). The van der Waals surface area contributed by atoms with Gasteiger partial charge in [0.15, 0.2) is 0 Å². The Morgan fingerprint density at radius 2 is 2.10 bits per heavy atom.